The van der Waals surface area contributed by atoms with Crippen LogP contribution in [0, 0.1) is 0 Å². The predicted molar refractivity (Wildman–Crippen MR) is 105 cm³/mol. The van der Waals surface area contributed by atoms with Gasteiger partial charge in [-0.1, -0.05) is 6.07 Å². The molecule has 0 saturated carbocycles. The van der Waals surface area contributed by atoms with Crippen molar-refractivity contribution in [2.75, 3.05) is 34.0 Å². The molecule has 1 amide bonds. The quantitative estimate of drug-likeness (QED) is 0.803. The highest BCUT2D eigenvalue weighted by Crippen LogP contribution is 2.39. The predicted octanol–water partition coefficient (Wildman–Crippen LogP) is 3.84. The fourth-order valence-electron chi connectivity index (χ4n) is 3.84. The first-order chi connectivity index (χ1) is 13.7. The lowest BCUT2D eigenvalue weighted by atomic mass is 10.0. The minimum atomic E-state index is -0.0215. The van der Waals surface area contributed by atoms with Crippen LogP contribution in [0.2, 0.25) is 0 Å². The molecule has 148 valence electrons. The third-order valence-corrected chi connectivity index (χ3v) is 5.27. The number of amides is 1. The van der Waals surface area contributed by atoms with Gasteiger partial charge in [0.2, 0.25) is 0 Å². The summed E-state index contributed by atoms with van der Waals surface area (Å²) in [7, 11) is 3.17. The number of likely N-dealkylation sites (tertiary alicyclic amines) is 1. The Morgan fingerprint density at radius 2 is 1.68 bits per heavy atom. The summed E-state index contributed by atoms with van der Waals surface area (Å²) >= 11 is 0. The number of carbonyl (C=O) groups excluding carboxylic acids is 1. The Morgan fingerprint density at radius 1 is 0.964 bits per heavy atom. The van der Waals surface area contributed by atoms with Crippen LogP contribution in [0.15, 0.2) is 36.4 Å². The van der Waals surface area contributed by atoms with Gasteiger partial charge in [0.25, 0.3) is 5.91 Å². The molecule has 2 aromatic carbocycles. The zero-order valence-electron chi connectivity index (χ0n) is 16.3. The summed E-state index contributed by atoms with van der Waals surface area (Å²) < 4.78 is 22.2. The maximum Gasteiger partial charge on any atom is 0.254 e. The van der Waals surface area contributed by atoms with Gasteiger partial charge in [0.05, 0.1) is 33.5 Å². The van der Waals surface area contributed by atoms with Crippen molar-refractivity contribution in [3.8, 4) is 23.0 Å². The third kappa shape index (κ3) is 3.59. The molecule has 0 spiro atoms. The average Bonchev–Trinajstić information content (AvgIpc) is 3.11. The number of rotatable bonds is 4. The minimum Gasteiger partial charge on any atom is -0.497 e. The molecule has 0 N–H and O–H groups in total. The molecule has 0 radical (unpaired) electrons. The van der Waals surface area contributed by atoms with Gasteiger partial charge >= 0.3 is 0 Å². The van der Waals surface area contributed by atoms with Gasteiger partial charge in [-0.05, 0) is 42.7 Å². The number of nitrogens with zero attached hydrogens (tertiary/aromatic N) is 1. The average molecular weight is 383 g/mol. The maximum atomic E-state index is 13.3. The fraction of sp³-hybridized carbons (Fsp3) is 0.409. The Bertz CT molecular complexity index is 844. The van der Waals surface area contributed by atoms with Crippen molar-refractivity contribution in [2.45, 2.75) is 25.3 Å². The fourth-order valence-corrected chi connectivity index (χ4v) is 3.84. The monoisotopic (exact) mass is 383 g/mol. The SMILES string of the molecule is COc1cc(OC)cc(C(=O)N2CCCC2c2ccc3c(c2)OCCCO3)c1. The lowest BCUT2D eigenvalue weighted by Crippen LogP contribution is -2.30. The van der Waals surface area contributed by atoms with Crippen molar-refractivity contribution in [2.24, 2.45) is 0 Å². The number of hydrogen-bond acceptors (Lipinski definition) is 5. The van der Waals surface area contributed by atoms with Gasteiger partial charge in [-0.2, -0.15) is 0 Å². The number of hydrogen-bond donors (Lipinski definition) is 0. The van der Waals surface area contributed by atoms with E-state index in [1.54, 1.807) is 32.4 Å². The first-order valence-corrected chi connectivity index (χ1v) is 9.63. The number of fused-ring (bicyclic) bond motifs is 1. The van der Waals surface area contributed by atoms with E-state index >= 15 is 0 Å². The highest BCUT2D eigenvalue weighted by atomic mass is 16.5. The molecule has 4 rings (SSSR count). The number of carbonyl (C=O) groups is 1. The summed E-state index contributed by atoms with van der Waals surface area (Å²) in [6.45, 7) is 2.03. The van der Waals surface area contributed by atoms with E-state index < -0.39 is 0 Å². The van der Waals surface area contributed by atoms with E-state index in [0.29, 0.717) is 30.3 Å². The summed E-state index contributed by atoms with van der Waals surface area (Å²) in [5, 5.41) is 0. The molecular formula is C22H25NO5. The lowest BCUT2D eigenvalue weighted by molar-refractivity contribution is 0.0734. The van der Waals surface area contributed by atoms with Gasteiger partial charge in [-0.3, -0.25) is 4.79 Å². The molecule has 1 saturated heterocycles. The summed E-state index contributed by atoms with van der Waals surface area (Å²) in [5.74, 6) is 2.72. The second kappa shape index (κ2) is 8.00. The van der Waals surface area contributed by atoms with Gasteiger partial charge in [0, 0.05) is 24.6 Å². The number of ether oxygens (including phenoxy) is 4. The van der Waals surface area contributed by atoms with Crippen LogP contribution in [0.4, 0.5) is 0 Å². The van der Waals surface area contributed by atoms with Crippen LogP contribution < -0.4 is 18.9 Å². The number of benzene rings is 2. The smallest absolute Gasteiger partial charge is 0.254 e. The van der Waals surface area contributed by atoms with Crippen LogP contribution in [-0.2, 0) is 0 Å². The Labute approximate surface area is 165 Å². The standard InChI is InChI=1S/C22H25NO5/c1-25-17-11-16(12-18(14-17)26-2)22(24)23-8-3-5-19(23)15-6-7-20-21(13-15)28-10-4-9-27-20/h6-7,11-14,19H,3-5,8-10H2,1-2H3. The minimum absolute atomic E-state index is 0.0156. The van der Waals surface area contributed by atoms with Crippen molar-refractivity contribution in [3.63, 3.8) is 0 Å². The molecule has 6 nitrogen and oxygen atoms in total. The van der Waals surface area contributed by atoms with Crippen LogP contribution in [0.3, 0.4) is 0 Å². The van der Waals surface area contributed by atoms with Gasteiger partial charge in [0.1, 0.15) is 11.5 Å². The summed E-state index contributed by atoms with van der Waals surface area (Å²) in [6.07, 6.45) is 2.76. The molecule has 2 aliphatic heterocycles. The first-order valence-electron chi connectivity index (χ1n) is 9.63. The van der Waals surface area contributed by atoms with Crippen LogP contribution in [-0.4, -0.2) is 44.8 Å². The van der Waals surface area contributed by atoms with Crippen molar-refractivity contribution in [3.05, 3.63) is 47.5 Å². The van der Waals surface area contributed by atoms with Gasteiger partial charge in [0.15, 0.2) is 11.5 Å². The number of methoxy groups -OCH3 is 2. The van der Waals surface area contributed by atoms with E-state index in [9.17, 15) is 4.79 Å². The Morgan fingerprint density at radius 3 is 2.39 bits per heavy atom. The van der Waals surface area contributed by atoms with E-state index in [0.717, 1.165) is 42.9 Å². The van der Waals surface area contributed by atoms with Crippen LogP contribution >= 0.6 is 0 Å². The van der Waals surface area contributed by atoms with E-state index in [1.807, 2.05) is 23.1 Å². The van der Waals surface area contributed by atoms with E-state index in [4.69, 9.17) is 18.9 Å². The molecule has 2 aromatic rings. The molecule has 2 aliphatic rings. The van der Waals surface area contributed by atoms with E-state index in [1.165, 1.54) is 0 Å². The van der Waals surface area contributed by atoms with Gasteiger partial charge in [-0.15, -0.1) is 0 Å². The summed E-state index contributed by atoms with van der Waals surface area (Å²) in [5.41, 5.74) is 1.64. The molecule has 0 aromatic heterocycles. The highest BCUT2D eigenvalue weighted by Gasteiger charge is 2.31. The summed E-state index contributed by atoms with van der Waals surface area (Å²) in [4.78, 5) is 15.2. The van der Waals surface area contributed by atoms with Crippen LogP contribution in [0.5, 0.6) is 23.0 Å². The highest BCUT2D eigenvalue weighted by molar-refractivity contribution is 5.95. The zero-order valence-corrected chi connectivity index (χ0v) is 16.3. The van der Waals surface area contributed by atoms with Crippen molar-refractivity contribution in [1.82, 2.24) is 4.90 Å². The largest absolute Gasteiger partial charge is 0.497 e. The second-order valence-electron chi connectivity index (χ2n) is 7.01. The molecule has 1 atom stereocenters. The summed E-state index contributed by atoms with van der Waals surface area (Å²) in [6, 6.07) is 11.3. The van der Waals surface area contributed by atoms with Crippen molar-refractivity contribution < 1.29 is 23.7 Å². The van der Waals surface area contributed by atoms with Crippen molar-refractivity contribution in [1.29, 1.82) is 0 Å². The maximum absolute atomic E-state index is 13.3. The lowest BCUT2D eigenvalue weighted by Gasteiger charge is -2.26. The third-order valence-electron chi connectivity index (χ3n) is 5.27. The van der Waals surface area contributed by atoms with E-state index in [2.05, 4.69) is 0 Å². The molecule has 1 unspecified atom stereocenters. The van der Waals surface area contributed by atoms with Crippen molar-refractivity contribution >= 4 is 5.91 Å². The van der Waals surface area contributed by atoms with Gasteiger partial charge < -0.3 is 23.8 Å². The molecule has 0 bridgehead atoms. The zero-order chi connectivity index (χ0) is 19.5. The van der Waals surface area contributed by atoms with Crippen LogP contribution in [0.1, 0.15) is 41.2 Å². The molecule has 6 heteroatoms. The van der Waals surface area contributed by atoms with E-state index in [-0.39, 0.29) is 11.9 Å². The molecule has 2 heterocycles. The normalized spacial score (nSPS) is 18.5. The Hall–Kier alpha value is -2.89. The molecular weight excluding hydrogens is 358 g/mol. The van der Waals surface area contributed by atoms with Gasteiger partial charge in [-0.25, -0.2) is 0 Å². The molecule has 0 aliphatic carbocycles. The first kappa shape index (κ1) is 18.5. The Kier molecular flexibility index (Phi) is 5.28. The molecule has 28 heavy (non-hydrogen) atoms. The Balaban J connectivity index is 1.62. The van der Waals surface area contributed by atoms with Crippen LogP contribution in [0.25, 0.3) is 0 Å². The second-order valence-corrected chi connectivity index (χ2v) is 7.01. The topological polar surface area (TPSA) is 57.2 Å². The molecule has 1 fully saturated rings.